The van der Waals surface area contributed by atoms with E-state index in [9.17, 15) is 19.1 Å². The molecule has 1 aromatic heterocycles. The van der Waals surface area contributed by atoms with E-state index in [0.717, 1.165) is 0 Å². The summed E-state index contributed by atoms with van der Waals surface area (Å²) in [4.78, 5) is 6.22. The van der Waals surface area contributed by atoms with Crippen LogP contribution in [0.3, 0.4) is 0 Å². The van der Waals surface area contributed by atoms with Gasteiger partial charge in [-0.05, 0) is 55.2 Å². The van der Waals surface area contributed by atoms with Gasteiger partial charge >= 0.3 is 0 Å². The number of benzene rings is 2. The van der Waals surface area contributed by atoms with E-state index in [2.05, 4.69) is 16.4 Å². The molecule has 30 heavy (non-hydrogen) atoms. The number of aromatic nitrogens is 1. The fourth-order valence-electron chi connectivity index (χ4n) is 3.93. The third-order valence-corrected chi connectivity index (χ3v) is 5.53. The van der Waals surface area contributed by atoms with Gasteiger partial charge in [-0.3, -0.25) is 4.98 Å². The molecule has 2 N–H and O–H groups in total. The summed E-state index contributed by atoms with van der Waals surface area (Å²) in [6.07, 6.45) is 2.41. The first-order valence-electron chi connectivity index (χ1n) is 9.90. The van der Waals surface area contributed by atoms with Crippen molar-refractivity contribution in [2.24, 2.45) is 0 Å². The summed E-state index contributed by atoms with van der Waals surface area (Å²) >= 11 is 0. The van der Waals surface area contributed by atoms with Crippen LogP contribution < -0.4 is 10.2 Å². The van der Waals surface area contributed by atoms with Gasteiger partial charge in [-0.15, -0.1) is 0 Å². The van der Waals surface area contributed by atoms with Gasteiger partial charge < -0.3 is 15.3 Å². The lowest BCUT2D eigenvalue weighted by Gasteiger charge is -2.31. The van der Waals surface area contributed by atoms with Crippen LogP contribution in [0.15, 0.2) is 36.5 Å². The Morgan fingerprint density at radius 3 is 2.70 bits per heavy atom. The first kappa shape index (κ1) is 20.0. The first-order valence-corrected chi connectivity index (χ1v) is 9.90. The van der Waals surface area contributed by atoms with Gasteiger partial charge in [0.1, 0.15) is 17.7 Å². The Hall–Kier alpha value is -3.24. The molecule has 1 fully saturated rings. The third kappa shape index (κ3) is 3.91. The predicted octanol–water partition coefficient (Wildman–Crippen LogP) is 4.27. The van der Waals surface area contributed by atoms with E-state index in [4.69, 9.17) is 0 Å². The van der Waals surface area contributed by atoms with Crippen molar-refractivity contribution >= 4 is 22.3 Å². The minimum Gasteiger partial charge on any atom is -0.393 e. The number of nitrogens with zero attached hydrogens (tertiary/aromatic N) is 3. The molecule has 3 aromatic rings. The summed E-state index contributed by atoms with van der Waals surface area (Å²) in [6, 6.07) is 9.87. The molecule has 2 heterocycles. The zero-order chi connectivity index (χ0) is 21.3. The highest BCUT2D eigenvalue weighted by molar-refractivity contribution is 5.95. The SMILES string of the molecule is Cc1cc(F)cc2c(NCc3ccc(N4CCC(O)CC4)c(F)c3)c(C#N)cnc12. The molecule has 7 heteroatoms. The molecule has 0 aliphatic carbocycles. The summed E-state index contributed by atoms with van der Waals surface area (Å²) in [5.74, 6) is -0.727. The van der Waals surface area contributed by atoms with Gasteiger partial charge in [-0.1, -0.05) is 6.07 Å². The van der Waals surface area contributed by atoms with Crippen LogP contribution >= 0.6 is 0 Å². The average molecular weight is 408 g/mol. The molecule has 1 aliphatic heterocycles. The lowest BCUT2D eigenvalue weighted by Crippen LogP contribution is -2.36. The van der Waals surface area contributed by atoms with E-state index < -0.39 is 5.82 Å². The maximum absolute atomic E-state index is 14.7. The molecular formula is C23H22F2N4O. The van der Waals surface area contributed by atoms with E-state index in [1.807, 2.05) is 11.0 Å². The Morgan fingerprint density at radius 2 is 2.00 bits per heavy atom. The number of rotatable bonds is 4. The number of anilines is 2. The van der Waals surface area contributed by atoms with Crippen molar-refractivity contribution in [2.75, 3.05) is 23.3 Å². The Labute approximate surface area is 173 Å². The standard InChI is InChI=1S/C23H22F2N4O/c1-14-8-17(24)10-19-22(14)28-13-16(11-26)23(19)27-12-15-2-3-21(20(25)9-15)29-6-4-18(30)5-7-29/h2-3,8-10,13,18,30H,4-7,12H2,1H3,(H,27,28). The lowest BCUT2D eigenvalue weighted by atomic mass is 10.1. The number of aryl methyl sites for hydroxylation is 1. The van der Waals surface area contributed by atoms with Gasteiger partial charge in [0.15, 0.2) is 0 Å². The topological polar surface area (TPSA) is 72.2 Å². The lowest BCUT2D eigenvalue weighted by molar-refractivity contribution is 0.145. The van der Waals surface area contributed by atoms with Gasteiger partial charge in [-0.25, -0.2) is 8.78 Å². The molecular weight excluding hydrogens is 386 g/mol. The van der Waals surface area contributed by atoms with E-state index in [1.165, 1.54) is 24.4 Å². The molecule has 2 aromatic carbocycles. The van der Waals surface area contributed by atoms with Crippen molar-refractivity contribution in [1.82, 2.24) is 4.98 Å². The van der Waals surface area contributed by atoms with Crippen LogP contribution in [0.1, 0.15) is 29.5 Å². The van der Waals surface area contributed by atoms with Crippen molar-refractivity contribution in [2.45, 2.75) is 32.4 Å². The summed E-state index contributed by atoms with van der Waals surface area (Å²) in [5, 5.41) is 22.8. The fourth-order valence-corrected chi connectivity index (χ4v) is 3.93. The summed E-state index contributed by atoms with van der Waals surface area (Å²) < 4.78 is 28.7. The molecule has 0 atom stereocenters. The number of nitrogens with one attached hydrogen (secondary N) is 1. The minimum absolute atomic E-state index is 0.277. The van der Waals surface area contributed by atoms with Crippen LogP contribution in [-0.4, -0.2) is 29.3 Å². The van der Waals surface area contributed by atoms with E-state index in [-0.39, 0.29) is 18.5 Å². The highest BCUT2D eigenvalue weighted by Crippen LogP contribution is 2.30. The van der Waals surface area contributed by atoms with Gasteiger partial charge in [0.25, 0.3) is 0 Å². The van der Waals surface area contributed by atoms with Crippen LogP contribution in [0, 0.1) is 29.9 Å². The zero-order valence-corrected chi connectivity index (χ0v) is 16.6. The normalized spacial score (nSPS) is 14.7. The Balaban J connectivity index is 1.59. The summed E-state index contributed by atoms with van der Waals surface area (Å²) in [5.41, 5.74) is 3.31. The Kier molecular flexibility index (Phi) is 5.51. The highest BCUT2D eigenvalue weighted by Gasteiger charge is 2.20. The zero-order valence-electron chi connectivity index (χ0n) is 16.6. The number of hydrogen-bond donors (Lipinski definition) is 2. The van der Waals surface area contributed by atoms with Crippen LogP contribution in [0.2, 0.25) is 0 Å². The molecule has 0 unspecified atom stereocenters. The van der Waals surface area contributed by atoms with Crippen LogP contribution in [0.5, 0.6) is 0 Å². The number of fused-ring (bicyclic) bond motifs is 1. The Bertz CT molecular complexity index is 1130. The second kappa shape index (κ2) is 8.25. The van der Waals surface area contributed by atoms with Crippen molar-refractivity contribution in [3.63, 3.8) is 0 Å². The first-order chi connectivity index (χ1) is 14.5. The number of hydrogen-bond acceptors (Lipinski definition) is 5. The van der Waals surface area contributed by atoms with Gasteiger partial charge in [-0.2, -0.15) is 5.26 Å². The highest BCUT2D eigenvalue weighted by atomic mass is 19.1. The predicted molar refractivity (Wildman–Crippen MR) is 112 cm³/mol. The molecule has 0 spiro atoms. The smallest absolute Gasteiger partial charge is 0.146 e. The number of aliphatic hydroxyl groups is 1. The van der Waals surface area contributed by atoms with Crippen LogP contribution in [0.4, 0.5) is 20.2 Å². The maximum atomic E-state index is 14.7. The molecule has 4 rings (SSSR count). The van der Waals surface area contributed by atoms with Gasteiger partial charge in [0.2, 0.25) is 0 Å². The quantitative estimate of drug-likeness (QED) is 0.675. The fraction of sp³-hybridized carbons (Fsp3) is 0.304. The molecule has 1 aliphatic rings. The second-order valence-electron chi connectivity index (χ2n) is 7.64. The summed E-state index contributed by atoms with van der Waals surface area (Å²) in [7, 11) is 0. The van der Waals surface area contributed by atoms with E-state index in [0.29, 0.717) is 64.9 Å². The van der Waals surface area contributed by atoms with Crippen molar-refractivity contribution < 1.29 is 13.9 Å². The third-order valence-electron chi connectivity index (χ3n) is 5.53. The molecule has 0 bridgehead atoms. The maximum Gasteiger partial charge on any atom is 0.146 e. The number of pyridine rings is 1. The van der Waals surface area contributed by atoms with Gasteiger partial charge in [0, 0.05) is 31.2 Å². The average Bonchev–Trinajstić information content (AvgIpc) is 2.72. The van der Waals surface area contributed by atoms with E-state index >= 15 is 0 Å². The minimum atomic E-state index is -0.401. The molecule has 5 nitrogen and oxygen atoms in total. The van der Waals surface area contributed by atoms with Crippen LogP contribution in [-0.2, 0) is 6.54 Å². The van der Waals surface area contributed by atoms with Gasteiger partial charge in [0.05, 0.1) is 28.6 Å². The van der Waals surface area contributed by atoms with Crippen LogP contribution in [0.25, 0.3) is 10.9 Å². The molecule has 1 saturated heterocycles. The van der Waals surface area contributed by atoms with Crippen molar-refractivity contribution in [1.29, 1.82) is 5.26 Å². The number of nitriles is 1. The molecule has 0 saturated carbocycles. The summed E-state index contributed by atoms with van der Waals surface area (Å²) in [6.45, 7) is 3.28. The second-order valence-corrected chi connectivity index (χ2v) is 7.64. The molecule has 154 valence electrons. The Morgan fingerprint density at radius 1 is 1.23 bits per heavy atom. The van der Waals surface area contributed by atoms with Crippen molar-refractivity contribution in [3.8, 4) is 6.07 Å². The number of halogens is 2. The largest absolute Gasteiger partial charge is 0.393 e. The molecule has 0 radical (unpaired) electrons. The van der Waals surface area contributed by atoms with E-state index in [1.54, 1.807) is 13.0 Å². The number of piperidine rings is 1. The monoisotopic (exact) mass is 408 g/mol. The molecule has 0 amide bonds. The number of aliphatic hydroxyl groups excluding tert-OH is 1. The van der Waals surface area contributed by atoms with Crippen molar-refractivity contribution in [3.05, 3.63) is 64.9 Å².